The molecule has 0 radical (unpaired) electrons. The molecule has 0 unspecified atom stereocenters. The van der Waals surface area contributed by atoms with Gasteiger partial charge in [0.15, 0.2) is 12.2 Å². The minimum atomic E-state index is -0.694. The van der Waals surface area contributed by atoms with Gasteiger partial charge in [-0.2, -0.15) is 0 Å². The molecule has 1 aromatic heterocycles. The molecule has 3 rings (SSSR count). The topological polar surface area (TPSA) is 93.5 Å². The van der Waals surface area contributed by atoms with Crippen molar-refractivity contribution in [2.75, 3.05) is 19.0 Å². The Bertz CT molecular complexity index is 708. The number of nitrogens with zero attached hydrogens (tertiary/aromatic N) is 1. The van der Waals surface area contributed by atoms with E-state index in [0.29, 0.717) is 35.2 Å². The normalized spacial score (nSPS) is 13.4. The molecule has 2 amide bonds. The Morgan fingerprint density at radius 1 is 1.35 bits per heavy atom. The lowest BCUT2D eigenvalue weighted by Crippen LogP contribution is -2.36. The summed E-state index contributed by atoms with van der Waals surface area (Å²) in [5.74, 6) is 0.267. The molecule has 0 aliphatic heterocycles. The summed E-state index contributed by atoms with van der Waals surface area (Å²) >= 11 is 0. The van der Waals surface area contributed by atoms with Gasteiger partial charge in [0.1, 0.15) is 5.75 Å². The zero-order valence-electron chi connectivity index (χ0n) is 12.7. The first-order valence-corrected chi connectivity index (χ1v) is 7.33. The van der Waals surface area contributed by atoms with Gasteiger partial charge in [0, 0.05) is 18.3 Å². The second kappa shape index (κ2) is 6.51. The number of carbonyl (C=O) groups is 2. The minimum absolute atomic E-state index is 0.469. The van der Waals surface area contributed by atoms with Gasteiger partial charge in [-0.3, -0.25) is 9.59 Å². The van der Waals surface area contributed by atoms with E-state index in [2.05, 4.69) is 15.6 Å². The number of hydrogen-bond acceptors (Lipinski definition) is 5. The number of oxazole rings is 1. The molecule has 1 fully saturated rings. The molecular weight excluding hydrogens is 298 g/mol. The Labute approximate surface area is 133 Å². The van der Waals surface area contributed by atoms with Crippen LogP contribution in [-0.2, 0) is 9.59 Å². The van der Waals surface area contributed by atoms with Crippen molar-refractivity contribution >= 4 is 17.5 Å². The Hall–Kier alpha value is -2.83. The molecule has 1 aliphatic rings. The molecule has 1 heterocycles. The van der Waals surface area contributed by atoms with Gasteiger partial charge in [-0.15, -0.1) is 0 Å². The Balaban J connectivity index is 1.67. The van der Waals surface area contributed by atoms with Crippen LogP contribution in [0.2, 0.25) is 0 Å². The van der Waals surface area contributed by atoms with Gasteiger partial charge in [-0.25, -0.2) is 4.98 Å². The highest BCUT2D eigenvalue weighted by atomic mass is 16.5. The SMILES string of the molecule is COc1cc(NC(=O)C(=O)NCC2CC2)ccc1-c1cnco1. The predicted octanol–water partition coefficient (Wildman–Crippen LogP) is 1.81. The number of ether oxygens (including phenoxy) is 1. The van der Waals surface area contributed by atoms with Gasteiger partial charge in [-0.1, -0.05) is 0 Å². The fraction of sp³-hybridized carbons (Fsp3) is 0.312. The van der Waals surface area contributed by atoms with Crippen LogP contribution in [0.25, 0.3) is 11.3 Å². The number of anilines is 1. The maximum atomic E-state index is 11.9. The second-order valence-electron chi connectivity index (χ2n) is 5.39. The van der Waals surface area contributed by atoms with Crippen molar-refractivity contribution in [2.24, 2.45) is 5.92 Å². The predicted molar refractivity (Wildman–Crippen MR) is 82.9 cm³/mol. The molecule has 120 valence electrons. The highest BCUT2D eigenvalue weighted by molar-refractivity contribution is 6.39. The number of nitrogens with one attached hydrogen (secondary N) is 2. The average Bonchev–Trinajstić information content (AvgIpc) is 3.24. The molecule has 0 spiro atoms. The van der Waals surface area contributed by atoms with Gasteiger partial charge >= 0.3 is 11.8 Å². The van der Waals surface area contributed by atoms with Crippen LogP contribution >= 0.6 is 0 Å². The monoisotopic (exact) mass is 315 g/mol. The van der Waals surface area contributed by atoms with Crippen LogP contribution < -0.4 is 15.4 Å². The van der Waals surface area contributed by atoms with Crippen LogP contribution in [0.5, 0.6) is 5.75 Å². The maximum absolute atomic E-state index is 11.9. The summed E-state index contributed by atoms with van der Waals surface area (Å²) in [5.41, 5.74) is 1.18. The largest absolute Gasteiger partial charge is 0.496 e. The summed E-state index contributed by atoms with van der Waals surface area (Å²) < 4.78 is 10.5. The quantitative estimate of drug-likeness (QED) is 0.821. The van der Waals surface area contributed by atoms with E-state index in [-0.39, 0.29) is 0 Å². The molecule has 2 N–H and O–H groups in total. The molecule has 1 saturated carbocycles. The summed E-state index contributed by atoms with van der Waals surface area (Å²) in [7, 11) is 1.52. The number of hydrogen-bond donors (Lipinski definition) is 2. The zero-order chi connectivity index (χ0) is 16.2. The van der Waals surface area contributed by atoms with E-state index in [0.717, 1.165) is 12.8 Å². The third-order valence-corrected chi connectivity index (χ3v) is 3.61. The van der Waals surface area contributed by atoms with E-state index in [1.165, 1.54) is 13.5 Å². The van der Waals surface area contributed by atoms with Crippen molar-refractivity contribution in [1.29, 1.82) is 0 Å². The molecule has 0 bridgehead atoms. The molecule has 1 aliphatic carbocycles. The van der Waals surface area contributed by atoms with Crippen LogP contribution in [0.1, 0.15) is 12.8 Å². The summed E-state index contributed by atoms with van der Waals surface area (Å²) in [6.45, 7) is 0.556. The van der Waals surface area contributed by atoms with Crippen LogP contribution in [0.3, 0.4) is 0 Å². The highest BCUT2D eigenvalue weighted by Gasteiger charge is 2.23. The van der Waals surface area contributed by atoms with Gasteiger partial charge in [0.2, 0.25) is 0 Å². The number of amides is 2. The van der Waals surface area contributed by atoms with E-state index in [9.17, 15) is 9.59 Å². The van der Waals surface area contributed by atoms with Crippen molar-refractivity contribution < 1.29 is 18.7 Å². The van der Waals surface area contributed by atoms with Crippen molar-refractivity contribution in [2.45, 2.75) is 12.8 Å². The van der Waals surface area contributed by atoms with Gasteiger partial charge in [-0.05, 0) is 30.9 Å². The van der Waals surface area contributed by atoms with Crippen LogP contribution in [-0.4, -0.2) is 30.5 Å². The lowest BCUT2D eigenvalue weighted by atomic mass is 10.1. The number of methoxy groups -OCH3 is 1. The summed E-state index contributed by atoms with van der Waals surface area (Å²) in [5, 5.41) is 5.18. The molecule has 7 heteroatoms. The fourth-order valence-electron chi connectivity index (χ4n) is 2.15. The summed E-state index contributed by atoms with van der Waals surface area (Å²) in [6, 6.07) is 5.04. The van der Waals surface area contributed by atoms with Crippen molar-refractivity contribution in [3.05, 3.63) is 30.8 Å². The second-order valence-corrected chi connectivity index (χ2v) is 5.39. The average molecular weight is 315 g/mol. The molecule has 7 nitrogen and oxygen atoms in total. The molecule has 23 heavy (non-hydrogen) atoms. The van der Waals surface area contributed by atoms with Gasteiger partial charge in [0.25, 0.3) is 0 Å². The van der Waals surface area contributed by atoms with E-state index in [4.69, 9.17) is 9.15 Å². The number of aromatic nitrogens is 1. The molecule has 0 atom stereocenters. The first-order valence-electron chi connectivity index (χ1n) is 7.33. The lowest BCUT2D eigenvalue weighted by Gasteiger charge is -2.10. The zero-order valence-corrected chi connectivity index (χ0v) is 12.7. The summed E-state index contributed by atoms with van der Waals surface area (Å²) in [6.07, 6.45) is 5.13. The Morgan fingerprint density at radius 2 is 2.17 bits per heavy atom. The molecule has 1 aromatic carbocycles. The summed E-state index contributed by atoms with van der Waals surface area (Å²) in [4.78, 5) is 27.4. The van der Waals surface area contributed by atoms with Crippen LogP contribution in [0.15, 0.2) is 35.2 Å². The van der Waals surface area contributed by atoms with Crippen LogP contribution in [0, 0.1) is 5.92 Å². The van der Waals surface area contributed by atoms with E-state index >= 15 is 0 Å². The molecule has 0 saturated heterocycles. The van der Waals surface area contributed by atoms with E-state index in [1.807, 2.05) is 0 Å². The third kappa shape index (κ3) is 3.68. The van der Waals surface area contributed by atoms with Crippen LogP contribution in [0.4, 0.5) is 5.69 Å². The highest BCUT2D eigenvalue weighted by Crippen LogP contribution is 2.32. The molecular formula is C16H17N3O4. The standard InChI is InChI=1S/C16H17N3O4/c1-22-13-6-11(4-5-12(13)14-8-17-9-23-14)19-16(21)15(20)18-7-10-2-3-10/h4-6,8-10H,2-3,7H2,1H3,(H,18,20)(H,19,21). The Morgan fingerprint density at radius 3 is 2.83 bits per heavy atom. The number of rotatable bonds is 5. The maximum Gasteiger partial charge on any atom is 0.313 e. The van der Waals surface area contributed by atoms with E-state index in [1.54, 1.807) is 24.4 Å². The van der Waals surface area contributed by atoms with Crippen molar-refractivity contribution in [3.8, 4) is 17.1 Å². The lowest BCUT2D eigenvalue weighted by molar-refractivity contribution is -0.136. The molecule has 2 aromatic rings. The van der Waals surface area contributed by atoms with Crippen molar-refractivity contribution in [3.63, 3.8) is 0 Å². The smallest absolute Gasteiger partial charge is 0.313 e. The number of carbonyl (C=O) groups excluding carboxylic acids is 2. The van der Waals surface area contributed by atoms with Crippen molar-refractivity contribution in [1.82, 2.24) is 10.3 Å². The van der Waals surface area contributed by atoms with E-state index < -0.39 is 11.8 Å². The first kappa shape index (κ1) is 15.1. The van der Waals surface area contributed by atoms with Gasteiger partial charge < -0.3 is 19.8 Å². The Kier molecular flexibility index (Phi) is 4.27. The first-order chi connectivity index (χ1) is 11.2. The minimum Gasteiger partial charge on any atom is -0.496 e. The van der Waals surface area contributed by atoms with Gasteiger partial charge in [0.05, 0.1) is 18.9 Å². The third-order valence-electron chi connectivity index (χ3n) is 3.61. The fourth-order valence-corrected chi connectivity index (χ4v) is 2.15. The number of benzene rings is 1.